The van der Waals surface area contributed by atoms with E-state index in [0.717, 1.165) is 35.2 Å². The van der Waals surface area contributed by atoms with Crippen LogP contribution in [0.4, 0.5) is 0 Å². The van der Waals surface area contributed by atoms with Gasteiger partial charge in [-0.2, -0.15) is 0 Å². The highest BCUT2D eigenvalue weighted by Crippen LogP contribution is 2.30. The molecule has 1 unspecified atom stereocenters. The van der Waals surface area contributed by atoms with Crippen LogP contribution in [-0.2, 0) is 11.3 Å². The second-order valence-electron chi connectivity index (χ2n) is 4.83. The zero-order valence-corrected chi connectivity index (χ0v) is 12.0. The van der Waals surface area contributed by atoms with Crippen LogP contribution >= 0.6 is 23.1 Å². The van der Waals surface area contributed by atoms with Crippen LogP contribution in [-0.4, -0.2) is 39.5 Å². The normalized spacial score (nSPS) is 23.3. The summed E-state index contributed by atoms with van der Waals surface area (Å²) in [6, 6.07) is 0.460. The van der Waals surface area contributed by atoms with Gasteiger partial charge >= 0.3 is 0 Å². The topological polar surface area (TPSA) is 45.2 Å². The van der Waals surface area contributed by atoms with Crippen molar-refractivity contribution in [1.29, 1.82) is 0 Å². The van der Waals surface area contributed by atoms with E-state index in [0.29, 0.717) is 12.6 Å². The van der Waals surface area contributed by atoms with E-state index in [4.69, 9.17) is 0 Å². The summed E-state index contributed by atoms with van der Waals surface area (Å²) in [5, 5.41) is 6.40. The SMILES string of the molecule is Cc1nc(CN(C(=O)C2CSCN2)C2CC2)cs1. The minimum Gasteiger partial charge on any atom is -0.332 e. The van der Waals surface area contributed by atoms with E-state index in [2.05, 4.69) is 15.7 Å². The first-order chi connectivity index (χ1) is 8.74. The van der Waals surface area contributed by atoms with Crippen LogP contribution in [0.3, 0.4) is 0 Å². The van der Waals surface area contributed by atoms with Gasteiger partial charge in [-0.25, -0.2) is 4.98 Å². The number of aromatic nitrogens is 1. The number of carbonyl (C=O) groups excluding carboxylic acids is 1. The molecular weight excluding hydrogens is 266 g/mol. The van der Waals surface area contributed by atoms with Gasteiger partial charge in [-0.1, -0.05) is 0 Å². The molecule has 1 atom stereocenters. The molecule has 3 rings (SSSR count). The Hall–Kier alpha value is -0.590. The van der Waals surface area contributed by atoms with Gasteiger partial charge in [0.25, 0.3) is 0 Å². The summed E-state index contributed by atoms with van der Waals surface area (Å²) in [6.07, 6.45) is 2.30. The second-order valence-corrected chi connectivity index (χ2v) is 6.92. The van der Waals surface area contributed by atoms with Crippen LogP contribution in [0.25, 0.3) is 0 Å². The molecule has 0 spiro atoms. The molecule has 1 N–H and O–H groups in total. The molecule has 4 nitrogen and oxygen atoms in total. The number of hydrogen-bond acceptors (Lipinski definition) is 5. The van der Waals surface area contributed by atoms with Crippen LogP contribution in [0.5, 0.6) is 0 Å². The number of thioether (sulfide) groups is 1. The third kappa shape index (κ3) is 2.70. The smallest absolute Gasteiger partial charge is 0.241 e. The number of nitrogens with one attached hydrogen (secondary N) is 1. The second kappa shape index (κ2) is 5.19. The van der Waals surface area contributed by atoms with E-state index >= 15 is 0 Å². The molecule has 0 radical (unpaired) electrons. The highest BCUT2D eigenvalue weighted by atomic mass is 32.2. The van der Waals surface area contributed by atoms with Crippen molar-refractivity contribution >= 4 is 29.0 Å². The molecule has 1 aliphatic carbocycles. The van der Waals surface area contributed by atoms with Crippen molar-refractivity contribution in [2.45, 2.75) is 38.4 Å². The lowest BCUT2D eigenvalue weighted by Crippen LogP contribution is -2.45. The monoisotopic (exact) mass is 283 g/mol. The van der Waals surface area contributed by atoms with E-state index in [1.54, 1.807) is 23.1 Å². The minimum absolute atomic E-state index is 0.00957. The minimum atomic E-state index is 0.00957. The van der Waals surface area contributed by atoms with Crippen LogP contribution in [0.15, 0.2) is 5.38 Å². The van der Waals surface area contributed by atoms with Crippen LogP contribution in [0.1, 0.15) is 23.5 Å². The van der Waals surface area contributed by atoms with Crippen LogP contribution in [0.2, 0.25) is 0 Å². The molecule has 0 aromatic carbocycles. The van der Waals surface area contributed by atoms with E-state index in [-0.39, 0.29) is 11.9 Å². The summed E-state index contributed by atoms with van der Waals surface area (Å²) in [5.74, 6) is 2.05. The quantitative estimate of drug-likeness (QED) is 0.912. The van der Waals surface area contributed by atoms with Gasteiger partial charge in [0.1, 0.15) is 0 Å². The summed E-state index contributed by atoms with van der Waals surface area (Å²) in [4.78, 5) is 19.0. The van der Waals surface area contributed by atoms with Gasteiger partial charge in [0.2, 0.25) is 5.91 Å². The standard InChI is InChI=1S/C12H17N3OS2/c1-8-14-9(5-18-8)4-15(10-2-3-10)12(16)11-6-17-7-13-11/h5,10-11,13H,2-4,6-7H2,1H3. The number of carbonyl (C=O) groups is 1. The Morgan fingerprint density at radius 2 is 2.44 bits per heavy atom. The number of nitrogens with zero attached hydrogens (tertiary/aromatic N) is 2. The molecule has 2 aliphatic rings. The first kappa shape index (κ1) is 12.4. The Balaban J connectivity index is 1.69. The van der Waals surface area contributed by atoms with Crippen molar-refractivity contribution in [3.63, 3.8) is 0 Å². The summed E-state index contributed by atoms with van der Waals surface area (Å²) >= 11 is 3.45. The summed E-state index contributed by atoms with van der Waals surface area (Å²) < 4.78 is 0. The lowest BCUT2D eigenvalue weighted by atomic mass is 10.2. The van der Waals surface area contributed by atoms with E-state index in [1.165, 1.54) is 0 Å². The van der Waals surface area contributed by atoms with Crippen molar-refractivity contribution in [2.75, 3.05) is 11.6 Å². The maximum Gasteiger partial charge on any atom is 0.241 e. The van der Waals surface area contributed by atoms with Crippen LogP contribution < -0.4 is 5.32 Å². The van der Waals surface area contributed by atoms with Crippen molar-refractivity contribution in [1.82, 2.24) is 15.2 Å². The maximum absolute atomic E-state index is 12.5. The number of rotatable bonds is 4. The number of thiazole rings is 1. The predicted octanol–water partition coefficient (Wildman–Crippen LogP) is 1.61. The molecule has 0 bridgehead atoms. The number of amides is 1. The third-order valence-corrected chi connectivity index (χ3v) is 5.05. The largest absolute Gasteiger partial charge is 0.332 e. The van der Waals surface area contributed by atoms with Crippen molar-refractivity contribution in [3.8, 4) is 0 Å². The lowest BCUT2D eigenvalue weighted by Gasteiger charge is -2.24. The third-order valence-electron chi connectivity index (χ3n) is 3.28. The molecule has 1 aromatic heterocycles. The number of hydrogen-bond donors (Lipinski definition) is 1. The van der Waals surface area contributed by atoms with Crippen molar-refractivity contribution in [3.05, 3.63) is 16.1 Å². The molecule has 2 fully saturated rings. The Bertz CT molecular complexity index is 438. The zero-order valence-electron chi connectivity index (χ0n) is 10.4. The van der Waals surface area contributed by atoms with Gasteiger partial charge in [-0.3, -0.25) is 10.1 Å². The Morgan fingerprint density at radius 1 is 1.61 bits per heavy atom. The molecule has 1 aliphatic heterocycles. The molecule has 1 aromatic rings. The average Bonchev–Trinajstić information content (AvgIpc) is 2.89. The lowest BCUT2D eigenvalue weighted by molar-refractivity contribution is -0.133. The summed E-state index contributed by atoms with van der Waals surface area (Å²) in [6.45, 7) is 2.68. The van der Waals surface area contributed by atoms with E-state index in [9.17, 15) is 4.79 Å². The molecule has 98 valence electrons. The predicted molar refractivity (Wildman–Crippen MR) is 74.7 cm³/mol. The highest BCUT2D eigenvalue weighted by Gasteiger charge is 2.37. The maximum atomic E-state index is 12.5. The van der Waals surface area contributed by atoms with E-state index in [1.807, 2.05) is 11.8 Å². The van der Waals surface area contributed by atoms with Crippen molar-refractivity contribution in [2.24, 2.45) is 0 Å². The van der Waals surface area contributed by atoms with Gasteiger partial charge in [0.15, 0.2) is 0 Å². The summed E-state index contributed by atoms with van der Waals surface area (Å²) in [5.41, 5.74) is 1.03. The van der Waals surface area contributed by atoms with Gasteiger partial charge in [0.05, 0.1) is 23.3 Å². The molecule has 1 amide bonds. The van der Waals surface area contributed by atoms with Gasteiger partial charge in [0, 0.05) is 23.1 Å². The van der Waals surface area contributed by atoms with Gasteiger partial charge in [-0.15, -0.1) is 23.1 Å². The molecule has 1 saturated carbocycles. The fourth-order valence-corrected chi connectivity index (χ4v) is 3.72. The fourth-order valence-electron chi connectivity index (χ4n) is 2.18. The molecule has 2 heterocycles. The van der Waals surface area contributed by atoms with E-state index < -0.39 is 0 Å². The zero-order chi connectivity index (χ0) is 12.5. The van der Waals surface area contributed by atoms with Crippen molar-refractivity contribution < 1.29 is 4.79 Å². The van der Waals surface area contributed by atoms with Gasteiger partial charge in [-0.05, 0) is 19.8 Å². The average molecular weight is 283 g/mol. The highest BCUT2D eigenvalue weighted by molar-refractivity contribution is 7.99. The fraction of sp³-hybridized carbons (Fsp3) is 0.667. The summed E-state index contributed by atoms with van der Waals surface area (Å²) in [7, 11) is 0. The first-order valence-corrected chi connectivity index (χ1v) is 8.30. The Kier molecular flexibility index (Phi) is 3.59. The molecule has 1 saturated heterocycles. The Labute approximate surface area is 115 Å². The number of aryl methyl sites for hydroxylation is 1. The van der Waals surface area contributed by atoms with Gasteiger partial charge < -0.3 is 4.90 Å². The first-order valence-electron chi connectivity index (χ1n) is 6.26. The molecule has 18 heavy (non-hydrogen) atoms. The Morgan fingerprint density at radius 3 is 3.00 bits per heavy atom. The molecular formula is C12H17N3OS2. The molecule has 6 heteroatoms. The van der Waals surface area contributed by atoms with Crippen LogP contribution in [0, 0.1) is 6.92 Å².